The van der Waals surface area contributed by atoms with E-state index in [9.17, 15) is 32.3 Å². The summed E-state index contributed by atoms with van der Waals surface area (Å²) in [7, 11) is 1.47. The fourth-order valence-corrected chi connectivity index (χ4v) is 5.60. The van der Waals surface area contributed by atoms with Gasteiger partial charge in [-0.05, 0) is 54.7 Å². The third kappa shape index (κ3) is 4.79. The number of amides is 5. The average molecular weight is 545 g/mol. The fraction of sp³-hybridized carbons (Fsp3) is 0.407. The molecule has 39 heavy (non-hydrogen) atoms. The number of halogens is 3. The molecule has 1 saturated carbocycles. The number of fused-ring (bicyclic) bond motifs is 2. The molecule has 0 aromatic heterocycles. The van der Waals surface area contributed by atoms with E-state index in [0.717, 1.165) is 4.90 Å². The Hall–Kier alpha value is -4.09. The Morgan fingerprint density at radius 3 is 2.54 bits per heavy atom. The van der Waals surface area contributed by atoms with E-state index in [0.29, 0.717) is 33.7 Å². The molecule has 2 fully saturated rings. The van der Waals surface area contributed by atoms with Crippen LogP contribution in [-0.2, 0) is 32.9 Å². The van der Waals surface area contributed by atoms with Gasteiger partial charge in [0, 0.05) is 37.7 Å². The molecule has 9 nitrogen and oxygen atoms in total. The average Bonchev–Trinajstić information content (AvgIpc) is 3.52. The van der Waals surface area contributed by atoms with Crippen LogP contribution in [0.4, 0.5) is 28.4 Å². The topological polar surface area (TPSA) is 108 Å². The van der Waals surface area contributed by atoms with Crippen LogP contribution in [0.3, 0.4) is 0 Å². The molecule has 1 aliphatic heterocycles. The molecule has 12 heteroatoms. The van der Waals surface area contributed by atoms with E-state index in [2.05, 4.69) is 10.6 Å². The summed E-state index contributed by atoms with van der Waals surface area (Å²) in [6, 6.07) is 8.13. The van der Waals surface area contributed by atoms with E-state index in [1.54, 1.807) is 18.2 Å². The number of urea groups is 1. The van der Waals surface area contributed by atoms with Gasteiger partial charge in [-0.1, -0.05) is 18.2 Å². The molecule has 1 saturated heterocycles. The Morgan fingerprint density at radius 2 is 1.87 bits per heavy atom. The second kappa shape index (κ2) is 9.90. The van der Waals surface area contributed by atoms with E-state index >= 15 is 0 Å². The quantitative estimate of drug-likeness (QED) is 0.574. The molecule has 2 aromatic rings. The molecule has 2 atom stereocenters. The predicted molar refractivity (Wildman–Crippen MR) is 132 cm³/mol. The van der Waals surface area contributed by atoms with Gasteiger partial charge in [0.25, 0.3) is 11.8 Å². The van der Waals surface area contributed by atoms with Gasteiger partial charge < -0.3 is 20.3 Å². The number of anilines is 1. The number of hydrogen-bond donors (Lipinski definition) is 2. The molecule has 1 unspecified atom stereocenters. The minimum Gasteiger partial charge on any atom is -0.427 e. The number of ether oxygens (including phenoxy) is 1. The van der Waals surface area contributed by atoms with Gasteiger partial charge in [-0.15, -0.1) is 0 Å². The highest BCUT2D eigenvalue weighted by Crippen LogP contribution is 2.46. The standard InChI is InChI=1S/C27H27F3N4O5/c1-31-24(37)32-19-8-9-20-17(13-19)10-12-26(20)23(36)34(25(38)39-26)15-22(35)33(21-3-2-11-27(21,29)30)14-16-4-6-18(28)7-5-16/h4-9,13,21H,2-3,10-12,14-15H2,1H3,(H2,31,32,37)/t21?,26-/m1/s1. The van der Waals surface area contributed by atoms with Crippen LogP contribution in [0, 0.1) is 5.82 Å². The van der Waals surface area contributed by atoms with Crippen molar-refractivity contribution >= 4 is 29.6 Å². The van der Waals surface area contributed by atoms with Crippen LogP contribution >= 0.6 is 0 Å². The zero-order valence-corrected chi connectivity index (χ0v) is 21.1. The summed E-state index contributed by atoms with van der Waals surface area (Å²) in [5, 5.41) is 5.08. The first-order chi connectivity index (χ1) is 18.5. The summed E-state index contributed by atoms with van der Waals surface area (Å²) in [5.41, 5.74) is 0.440. The smallest absolute Gasteiger partial charge is 0.418 e. The van der Waals surface area contributed by atoms with Crippen molar-refractivity contribution in [2.24, 2.45) is 0 Å². The largest absolute Gasteiger partial charge is 0.427 e. The molecule has 0 bridgehead atoms. The number of hydrogen-bond acceptors (Lipinski definition) is 5. The third-order valence-electron chi connectivity index (χ3n) is 7.58. The summed E-state index contributed by atoms with van der Waals surface area (Å²) < 4.78 is 48.4. The summed E-state index contributed by atoms with van der Waals surface area (Å²) >= 11 is 0. The number of benzene rings is 2. The van der Waals surface area contributed by atoms with Gasteiger partial charge in [-0.3, -0.25) is 9.59 Å². The number of alkyl halides is 2. The van der Waals surface area contributed by atoms with Crippen molar-refractivity contribution in [2.75, 3.05) is 18.9 Å². The first kappa shape index (κ1) is 26.5. The monoisotopic (exact) mass is 544 g/mol. The summed E-state index contributed by atoms with van der Waals surface area (Å²) in [4.78, 5) is 53.1. The number of carbonyl (C=O) groups excluding carboxylic acids is 4. The molecule has 206 valence electrons. The van der Waals surface area contributed by atoms with Crippen LogP contribution < -0.4 is 10.6 Å². The highest BCUT2D eigenvalue weighted by atomic mass is 19.3. The summed E-state index contributed by atoms with van der Waals surface area (Å²) in [6.45, 7) is -0.996. The lowest BCUT2D eigenvalue weighted by Gasteiger charge is -2.33. The zero-order chi connectivity index (χ0) is 27.9. The number of aryl methyl sites for hydroxylation is 1. The van der Waals surface area contributed by atoms with Crippen LogP contribution in [0.2, 0.25) is 0 Å². The first-order valence-corrected chi connectivity index (χ1v) is 12.6. The van der Waals surface area contributed by atoms with E-state index in [4.69, 9.17) is 4.74 Å². The van der Waals surface area contributed by atoms with Gasteiger partial charge in [-0.25, -0.2) is 27.7 Å². The fourth-order valence-electron chi connectivity index (χ4n) is 5.60. The van der Waals surface area contributed by atoms with E-state index in [1.807, 2.05) is 0 Å². The van der Waals surface area contributed by atoms with Gasteiger partial charge in [0.1, 0.15) is 12.4 Å². The van der Waals surface area contributed by atoms with Crippen molar-refractivity contribution in [2.45, 2.75) is 56.2 Å². The summed E-state index contributed by atoms with van der Waals surface area (Å²) in [6.07, 6.45) is -0.625. The maximum absolute atomic E-state index is 14.7. The molecule has 2 N–H and O–H groups in total. The predicted octanol–water partition coefficient (Wildman–Crippen LogP) is 3.91. The Bertz CT molecular complexity index is 1340. The zero-order valence-electron chi connectivity index (χ0n) is 21.1. The molecule has 5 rings (SSSR count). The molecule has 1 spiro atoms. The van der Waals surface area contributed by atoms with Gasteiger partial charge >= 0.3 is 12.1 Å². The second-order valence-electron chi connectivity index (χ2n) is 9.98. The van der Waals surface area contributed by atoms with Crippen LogP contribution in [0.25, 0.3) is 0 Å². The highest BCUT2D eigenvalue weighted by Gasteiger charge is 2.59. The van der Waals surface area contributed by atoms with Crippen LogP contribution in [0.1, 0.15) is 42.4 Å². The lowest BCUT2D eigenvalue weighted by molar-refractivity contribution is -0.148. The van der Waals surface area contributed by atoms with Crippen molar-refractivity contribution in [3.63, 3.8) is 0 Å². The van der Waals surface area contributed by atoms with Crippen molar-refractivity contribution < 1.29 is 37.1 Å². The number of nitrogens with one attached hydrogen (secondary N) is 2. The maximum Gasteiger partial charge on any atom is 0.418 e. The molecule has 2 aromatic carbocycles. The van der Waals surface area contributed by atoms with Gasteiger partial charge in [-0.2, -0.15) is 0 Å². The van der Waals surface area contributed by atoms with Gasteiger partial charge in [0.05, 0.1) is 6.04 Å². The number of rotatable bonds is 6. The Kier molecular flexibility index (Phi) is 6.73. The normalized spacial score (nSPS) is 23.1. The van der Waals surface area contributed by atoms with Crippen molar-refractivity contribution in [1.29, 1.82) is 0 Å². The van der Waals surface area contributed by atoms with Crippen molar-refractivity contribution in [1.82, 2.24) is 15.1 Å². The van der Waals surface area contributed by atoms with Gasteiger partial charge in [0.2, 0.25) is 11.5 Å². The van der Waals surface area contributed by atoms with Gasteiger partial charge in [0.15, 0.2) is 0 Å². The van der Waals surface area contributed by atoms with Crippen LogP contribution in [-0.4, -0.2) is 59.3 Å². The summed E-state index contributed by atoms with van der Waals surface area (Å²) in [5.74, 6) is -5.23. The lowest BCUT2D eigenvalue weighted by Crippen LogP contribution is -2.51. The van der Waals surface area contributed by atoms with Crippen molar-refractivity contribution in [3.8, 4) is 0 Å². The minimum absolute atomic E-state index is 0.0576. The Morgan fingerprint density at radius 1 is 1.13 bits per heavy atom. The second-order valence-corrected chi connectivity index (χ2v) is 9.98. The SMILES string of the molecule is CNC(=O)Nc1ccc2c(c1)CC[C@@]21OC(=O)N(CC(=O)N(Cc2ccc(F)cc2)C2CCCC2(F)F)C1=O. The maximum atomic E-state index is 14.7. The Balaban J connectivity index is 1.38. The van der Waals surface area contributed by atoms with Crippen LogP contribution in [0.5, 0.6) is 0 Å². The highest BCUT2D eigenvalue weighted by molar-refractivity contribution is 6.06. The third-order valence-corrected chi connectivity index (χ3v) is 7.58. The molecule has 2 aliphatic carbocycles. The molecular weight excluding hydrogens is 517 g/mol. The molecule has 0 radical (unpaired) electrons. The molecular formula is C27H27F3N4O5. The molecule has 1 heterocycles. The number of carbonyl (C=O) groups is 4. The Labute approximate surface area is 222 Å². The number of nitrogens with zero attached hydrogens (tertiary/aromatic N) is 2. The van der Waals surface area contributed by atoms with E-state index < -0.39 is 53.9 Å². The lowest BCUT2D eigenvalue weighted by atomic mass is 9.94. The minimum atomic E-state index is -3.14. The van der Waals surface area contributed by atoms with Crippen molar-refractivity contribution in [3.05, 3.63) is 65.0 Å². The molecule has 5 amide bonds. The van der Waals surface area contributed by atoms with E-state index in [-0.39, 0.29) is 32.2 Å². The molecule has 3 aliphatic rings. The van der Waals surface area contributed by atoms with Crippen LogP contribution in [0.15, 0.2) is 42.5 Å². The number of imide groups is 1. The van der Waals surface area contributed by atoms with E-state index in [1.165, 1.54) is 31.3 Å². The first-order valence-electron chi connectivity index (χ1n) is 12.6.